The molecule has 4 heterocycles. The summed E-state index contributed by atoms with van der Waals surface area (Å²) in [6.45, 7) is 1.27. The Morgan fingerprint density at radius 2 is 1.09 bits per heavy atom. The van der Waals surface area contributed by atoms with Gasteiger partial charge in [-0.05, 0) is 122 Å². The number of aromatic amines is 2. The molecule has 14 nitrogen and oxygen atoms in total. The Kier molecular flexibility index (Phi) is 13.1. The van der Waals surface area contributed by atoms with Crippen LogP contribution in [-0.2, 0) is 30.9 Å². The second kappa shape index (κ2) is 19.5. The van der Waals surface area contributed by atoms with E-state index in [0.29, 0.717) is 13.1 Å². The summed E-state index contributed by atoms with van der Waals surface area (Å²) in [6.07, 6.45) is 23.4. The van der Waals surface area contributed by atoms with Crippen LogP contribution in [0.2, 0.25) is 0 Å². The summed E-state index contributed by atoms with van der Waals surface area (Å²) in [5, 5.41) is 5.82. The number of carbonyl (C=O) groups is 4. The van der Waals surface area contributed by atoms with Crippen LogP contribution in [0.1, 0.15) is 157 Å². The van der Waals surface area contributed by atoms with Gasteiger partial charge in [-0.25, -0.2) is 19.6 Å². The van der Waals surface area contributed by atoms with E-state index in [1.54, 1.807) is 0 Å². The Morgan fingerprint density at radius 1 is 0.597 bits per heavy atom. The first-order valence-electron chi connectivity index (χ1n) is 25.4. The van der Waals surface area contributed by atoms with E-state index < -0.39 is 24.3 Å². The monoisotopic (exact) mass is 913 g/mol. The number of H-pyrrole nitrogens is 2. The molecule has 0 radical (unpaired) electrons. The van der Waals surface area contributed by atoms with Crippen LogP contribution in [0.25, 0.3) is 33.6 Å². The fourth-order valence-electron chi connectivity index (χ4n) is 13.2. The molecular weight excluding hydrogens is 845 g/mol. The van der Waals surface area contributed by atoms with Crippen LogP contribution in [0.4, 0.5) is 9.59 Å². The highest BCUT2D eigenvalue weighted by molar-refractivity contribution is 5.87. The summed E-state index contributed by atoms with van der Waals surface area (Å²) < 4.78 is 9.92. The van der Waals surface area contributed by atoms with Crippen LogP contribution in [0, 0.1) is 11.8 Å². The van der Waals surface area contributed by atoms with E-state index in [9.17, 15) is 19.2 Å². The number of ether oxygens (including phenoxy) is 2. The Balaban J connectivity index is 0.885. The molecule has 6 aliphatic rings. The topological polar surface area (TPSA) is 175 Å². The Bertz CT molecular complexity index is 2430. The molecule has 3 saturated carbocycles. The zero-order chi connectivity index (χ0) is 46.1. The lowest BCUT2D eigenvalue weighted by molar-refractivity contribution is -0.136. The van der Waals surface area contributed by atoms with Gasteiger partial charge >= 0.3 is 12.2 Å². The van der Waals surface area contributed by atoms with Gasteiger partial charge in [0.2, 0.25) is 11.8 Å². The van der Waals surface area contributed by atoms with E-state index >= 15 is 0 Å². The second-order valence-corrected chi connectivity index (χ2v) is 20.3. The zero-order valence-corrected chi connectivity index (χ0v) is 39.4. The summed E-state index contributed by atoms with van der Waals surface area (Å²) in [6, 6.07) is 11.8. The molecule has 2 aromatic carbocycles. The Hall–Kier alpha value is -5.66. The SMILES string of the molecule is COC(=O)N[C@H](C(=O)N1CCC[C@@H]1c1ncc(-c2ccc(-c3ccc(-c4cnc([C@@H]5CCCN5C(=O)[C@@H](NC(=O)OC)C5CCCCC5)[nH]4)c4c3C3(CCCC3)CC4)cc2)[nH]1)C1CCCCC1. The highest BCUT2D eigenvalue weighted by Crippen LogP contribution is 2.55. The number of carbonyl (C=O) groups excluding carboxylic acids is 4. The third-order valence-corrected chi connectivity index (χ3v) is 16.6. The van der Waals surface area contributed by atoms with Crippen LogP contribution in [0.3, 0.4) is 0 Å². The first-order chi connectivity index (χ1) is 32.7. The van der Waals surface area contributed by atoms with Crippen molar-refractivity contribution in [3.8, 4) is 33.6 Å². The maximum Gasteiger partial charge on any atom is 0.407 e. The summed E-state index contributed by atoms with van der Waals surface area (Å²) in [5.74, 6) is 1.69. The van der Waals surface area contributed by atoms with Crippen molar-refractivity contribution in [3.05, 3.63) is 71.6 Å². The molecule has 1 spiro atoms. The lowest BCUT2D eigenvalue weighted by atomic mass is 9.76. The van der Waals surface area contributed by atoms with Gasteiger partial charge in [-0.3, -0.25) is 9.59 Å². The largest absolute Gasteiger partial charge is 0.453 e. The predicted octanol–water partition coefficient (Wildman–Crippen LogP) is 9.83. The van der Waals surface area contributed by atoms with Crippen molar-refractivity contribution in [3.63, 3.8) is 0 Å². The van der Waals surface area contributed by atoms with E-state index in [2.05, 4.69) is 57.0 Å². The second-order valence-electron chi connectivity index (χ2n) is 20.3. The fraction of sp³-hybridized carbons (Fsp3) is 0.585. The third kappa shape index (κ3) is 8.85. The number of imidazole rings is 2. The van der Waals surface area contributed by atoms with Crippen LogP contribution in [0.15, 0.2) is 48.8 Å². The quantitative estimate of drug-likeness (QED) is 0.115. The number of amides is 4. The molecule has 2 aliphatic heterocycles. The van der Waals surface area contributed by atoms with E-state index in [0.717, 1.165) is 131 Å². The van der Waals surface area contributed by atoms with Crippen LogP contribution in [-0.4, -0.2) is 93.1 Å². The van der Waals surface area contributed by atoms with Crippen molar-refractivity contribution in [2.24, 2.45) is 11.8 Å². The van der Waals surface area contributed by atoms with Gasteiger partial charge in [0.25, 0.3) is 0 Å². The van der Waals surface area contributed by atoms with Gasteiger partial charge in [0.15, 0.2) is 0 Å². The number of hydrogen-bond acceptors (Lipinski definition) is 8. The van der Waals surface area contributed by atoms with Crippen LogP contribution < -0.4 is 10.6 Å². The molecule has 4 N–H and O–H groups in total. The molecule has 356 valence electrons. The van der Waals surface area contributed by atoms with Crippen molar-refractivity contribution < 1.29 is 28.7 Å². The molecule has 4 aliphatic carbocycles. The number of rotatable bonds is 11. The highest BCUT2D eigenvalue weighted by Gasteiger charge is 2.45. The van der Waals surface area contributed by atoms with Gasteiger partial charge < -0.3 is 39.9 Å². The van der Waals surface area contributed by atoms with Crippen molar-refractivity contribution >= 4 is 24.0 Å². The van der Waals surface area contributed by atoms with Gasteiger partial charge in [-0.15, -0.1) is 0 Å². The van der Waals surface area contributed by atoms with Crippen molar-refractivity contribution in [2.75, 3.05) is 27.3 Å². The third-order valence-electron chi connectivity index (χ3n) is 16.6. The first-order valence-corrected chi connectivity index (χ1v) is 25.4. The maximum atomic E-state index is 14.3. The molecule has 14 heteroatoms. The predicted molar refractivity (Wildman–Crippen MR) is 255 cm³/mol. The molecule has 0 bridgehead atoms. The number of fused-ring (bicyclic) bond motifs is 2. The number of methoxy groups -OCH3 is 2. The average Bonchev–Trinajstić information content (AvgIpc) is 4.25. The average molecular weight is 913 g/mol. The molecule has 4 aromatic rings. The van der Waals surface area contributed by atoms with E-state index in [1.807, 2.05) is 22.2 Å². The molecule has 4 atom stereocenters. The Labute approximate surface area is 394 Å². The number of nitrogens with one attached hydrogen (secondary N) is 4. The number of nitrogens with zero attached hydrogens (tertiary/aromatic N) is 4. The minimum atomic E-state index is -0.603. The first kappa shape index (κ1) is 45.1. The molecule has 0 unspecified atom stereocenters. The van der Waals surface area contributed by atoms with Gasteiger partial charge in [0.05, 0.1) is 50.1 Å². The van der Waals surface area contributed by atoms with Gasteiger partial charge in [0.1, 0.15) is 23.7 Å². The maximum absolute atomic E-state index is 14.3. The van der Waals surface area contributed by atoms with E-state index in [-0.39, 0.29) is 41.1 Å². The van der Waals surface area contributed by atoms with Gasteiger partial charge in [-0.1, -0.05) is 87.8 Å². The van der Waals surface area contributed by atoms with E-state index in [1.165, 1.54) is 67.7 Å². The Morgan fingerprint density at radius 3 is 1.63 bits per heavy atom. The van der Waals surface area contributed by atoms with Crippen molar-refractivity contribution in [1.82, 2.24) is 40.4 Å². The fourth-order valence-corrected chi connectivity index (χ4v) is 13.2. The molecule has 2 aromatic heterocycles. The van der Waals surface area contributed by atoms with E-state index in [4.69, 9.17) is 19.4 Å². The number of aromatic nitrogens is 4. The normalized spacial score (nSPS) is 22.7. The molecule has 4 amide bonds. The minimum absolute atomic E-state index is 0.0355. The zero-order valence-electron chi connectivity index (χ0n) is 39.4. The summed E-state index contributed by atoms with van der Waals surface area (Å²) in [7, 11) is 2.70. The lowest BCUT2D eigenvalue weighted by Gasteiger charge is -2.34. The van der Waals surface area contributed by atoms with Crippen LogP contribution >= 0.6 is 0 Å². The molecule has 5 fully saturated rings. The number of benzene rings is 2. The summed E-state index contributed by atoms with van der Waals surface area (Å²) >= 11 is 0. The smallest absolute Gasteiger partial charge is 0.407 e. The minimum Gasteiger partial charge on any atom is -0.453 e. The molecule has 67 heavy (non-hydrogen) atoms. The van der Waals surface area contributed by atoms with Gasteiger partial charge in [-0.2, -0.15) is 0 Å². The molecular formula is C53H68N8O6. The molecule has 10 rings (SSSR count). The summed E-state index contributed by atoms with van der Waals surface area (Å²) in [5.41, 5.74) is 9.65. The summed E-state index contributed by atoms with van der Waals surface area (Å²) in [4.78, 5) is 74.3. The van der Waals surface area contributed by atoms with Gasteiger partial charge in [0, 0.05) is 18.7 Å². The number of alkyl carbamates (subject to hydrolysis) is 2. The number of hydrogen-bond donors (Lipinski definition) is 4. The van der Waals surface area contributed by atoms with Crippen LogP contribution in [0.5, 0.6) is 0 Å². The lowest BCUT2D eigenvalue weighted by Crippen LogP contribution is -2.52. The van der Waals surface area contributed by atoms with Crippen molar-refractivity contribution in [2.45, 2.75) is 158 Å². The standard InChI is InChI=1S/C53H68N8O6/c1-66-51(64)58-45(35-13-5-3-6-14-35)49(62)60-29-11-17-42(60)47-54-31-40(56-47)34-21-19-33(20-22-34)37-23-24-38(39-25-28-53(44(37)39)26-9-10-27-53)41-32-55-48(57-41)43-18-12-30-61(43)50(63)46(59-52(65)67-2)36-15-7-4-8-16-36/h19-24,31-32,35-36,42-43,45-46H,3-18,25-30H2,1-2H3,(H,54,56)(H,55,57)(H,58,64)(H,59,65)/t42-,43+,45+,46+/m1/s1. The van der Waals surface area contributed by atoms with Crippen molar-refractivity contribution in [1.29, 1.82) is 0 Å². The number of likely N-dealkylation sites (tertiary alicyclic amines) is 2. The highest BCUT2D eigenvalue weighted by atomic mass is 16.5. The molecule has 2 saturated heterocycles.